The van der Waals surface area contributed by atoms with Gasteiger partial charge in [0.25, 0.3) is 0 Å². The molecule has 0 fully saturated rings. The van der Waals surface area contributed by atoms with Gasteiger partial charge in [-0.25, -0.2) is 0 Å². The quantitative estimate of drug-likeness (QED) is 0.773. The van der Waals surface area contributed by atoms with Gasteiger partial charge in [0, 0.05) is 0 Å². The van der Waals surface area contributed by atoms with E-state index in [1.807, 2.05) is 38.1 Å². The lowest BCUT2D eigenvalue weighted by Crippen LogP contribution is -2.19. The van der Waals surface area contributed by atoms with E-state index in [2.05, 4.69) is 0 Å². The molecule has 0 unspecified atom stereocenters. The van der Waals surface area contributed by atoms with E-state index in [1.54, 1.807) is 7.11 Å². The van der Waals surface area contributed by atoms with E-state index in [0.717, 1.165) is 11.3 Å². The van der Waals surface area contributed by atoms with Gasteiger partial charge in [0.15, 0.2) is 0 Å². The topological polar surface area (TPSA) is 29.5 Å². The van der Waals surface area contributed by atoms with Gasteiger partial charge in [-0.2, -0.15) is 0 Å². The predicted octanol–water partition coefficient (Wildman–Crippen LogP) is 2.31. The fourth-order valence-electron chi connectivity index (χ4n) is 1.15. The SMILES string of the molecule is CC[C@](C)(O)c1ccc(OC)cc1. The Morgan fingerprint density at radius 1 is 1.31 bits per heavy atom. The molecule has 0 aromatic heterocycles. The van der Waals surface area contributed by atoms with E-state index in [9.17, 15) is 5.11 Å². The first-order chi connectivity index (χ1) is 6.10. The highest BCUT2D eigenvalue weighted by atomic mass is 16.5. The summed E-state index contributed by atoms with van der Waals surface area (Å²) in [5.74, 6) is 0.815. The molecule has 0 radical (unpaired) electrons. The lowest BCUT2D eigenvalue weighted by Gasteiger charge is -2.21. The molecule has 72 valence electrons. The standard InChI is InChI=1S/C11H16O2/c1-4-11(2,12)9-5-7-10(13-3)8-6-9/h5-8,12H,4H2,1-3H3/t11-/m0/s1. The second-order valence-corrected chi connectivity index (χ2v) is 3.36. The van der Waals surface area contributed by atoms with Crippen molar-refractivity contribution in [1.29, 1.82) is 0 Å². The van der Waals surface area contributed by atoms with Crippen molar-refractivity contribution in [3.63, 3.8) is 0 Å². The summed E-state index contributed by atoms with van der Waals surface area (Å²) in [6.45, 7) is 3.78. The molecule has 0 spiro atoms. The number of methoxy groups -OCH3 is 1. The maximum atomic E-state index is 9.92. The predicted molar refractivity (Wildman–Crippen MR) is 52.9 cm³/mol. The van der Waals surface area contributed by atoms with Crippen LogP contribution in [-0.2, 0) is 5.60 Å². The smallest absolute Gasteiger partial charge is 0.118 e. The number of rotatable bonds is 3. The van der Waals surface area contributed by atoms with Gasteiger partial charge < -0.3 is 9.84 Å². The summed E-state index contributed by atoms with van der Waals surface area (Å²) in [7, 11) is 1.63. The molecule has 0 aliphatic rings. The van der Waals surface area contributed by atoms with Crippen LogP contribution in [0.2, 0.25) is 0 Å². The average molecular weight is 180 g/mol. The minimum Gasteiger partial charge on any atom is -0.497 e. The lowest BCUT2D eigenvalue weighted by molar-refractivity contribution is 0.0530. The fraction of sp³-hybridized carbons (Fsp3) is 0.455. The summed E-state index contributed by atoms with van der Waals surface area (Å²) in [6.07, 6.45) is 0.708. The van der Waals surface area contributed by atoms with Crippen LogP contribution in [-0.4, -0.2) is 12.2 Å². The molecule has 0 heterocycles. The summed E-state index contributed by atoms with van der Waals surface area (Å²) in [4.78, 5) is 0. The van der Waals surface area contributed by atoms with Crippen LogP contribution < -0.4 is 4.74 Å². The summed E-state index contributed by atoms with van der Waals surface area (Å²) in [5, 5.41) is 9.92. The summed E-state index contributed by atoms with van der Waals surface area (Å²) in [6, 6.07) is 7.50. The zero-order valence-electron chi connectivity index (χ0n) is 8.37. The third kappa shape index (κ3) is 2.22. The highest BCUT2D eigenvalue weighted by Crippen LogP contribution is 2.25. The van der Waals surface area contributed by atoms with Crippen molar-refractivity contribution in [2.75, 3.05) is 7.11 Å². The van der Waals surface area contributed by atoms with E-state index in [-0.39, 0.29) is 0 Å². The second kappa shape index (κ2) is 3.79. The highest BCUT2D eigenvalue weighted by molar-refractivity contribution is 5.30. The molecule has 1 aromatic carbocycles. The summed E-state index contributed by atoms with van der Waals surface area (Å²) < 4.78 is 5.03. The maximum absolute atomic E-state index is 9.92. The third-order valence-electron chi connectivity index (χ3n) is 2.40. The Labute approximate surface area is 79.2 Å². The average Bonchev–Trinajstić information content (AvgIpc) is 2.18. The number of ether oxygens (including phenoxy) is 1. The molecule has 1 atom stereocenters. The minimum absolute atomic E-state index is 0.708. The Hall–Kier alpha value is -1.02. The van der Waals surface area contributed by atoms with Crippen molar-refractivity contribution in [2.24, 2.45) is 0 Å². The van der Waals surface area contributed by atoms with Gasteiger partial charge in [0.1, 0.15) is 5.75 Å². The number of aliphatic hydroxyl groups is 1. The van der Waals surface area contributed by atoms with Crippen LogP contribution >= 0.6 is 0 Å². The van der Waals surface area contributed by atoms with Crippen molar-refractivity contribution in [1.82, 2.24) is 0 Å². The Kier molecular flexibility index (Phi) is 2.94. The Morgan fingerprint density at radius 3 is 2.23 bits per heavy atom. The van der Waals surface area contributed by atoms with Crippen LogP contribution in [0.5, 0.6) is 5.75 Å². The van der Waals surface area contributed by atoms with Crippen molar-refractivity contribution < 1.29 is 9.84 Å². The van der Waals surface area contributed by atoms with Crippen LogP contribution in [0.25, 0.3) is 0 Å². The molecule has 2 heteroatoms. The molecule has 0 saturated heterocycles. The van der Waals surface area contributed by atoms with E-state index < -0.39 is 5.60 Å². The van der Waals surface area contributed by atoms with Gasteiger partial charge in [-0.05, 0) is 31.0 Å². The molecule has 2 nitrogen and oxygen atoms in total. The highest BCUT2D eigenvalue weighted by Gasteiger charge is 2.19. The Bertz CT molecular complexity index is 262. The van der Waals surface area contributed by atoms with Crippen molar-refractivity contribution in [3.05, 3.63) is 29.8 Å². The van der Waals surface area contributed by atoms with Crippen LogP contribution in [0, 0.1) is 0 Å². The summed E-state index contributed by atoms with van der Waals surface area (Å²) >= 11 is 0. The molecule has 1 aromatic rings. The van der Waals surface area contributed by atoms with E-state index in [1.165, 1.54) is 0 Å². The van der Waals surface area contributed by atoms with Crippen LogP contribution in [0.4, 0.5) is 0 Å². The van der Waals surface area contributed by atoms with E-state index in [0.29, 0.717) is 6.42 Å². The zero-order valence-corrected chi connectivity index (χ0v) is 8.37. The zero-order chi connectivity index (χ0) is 9.90. The molecule has 0 aliphatic carbocycles. The molecule has 0 aliphatic heterocycles. The third-order valence-corrected chi connectivity index (χ3v) is 2.40. The first kappa shape index (κ1) is 10.1. The molecule has 1 rings (SSSR count). The second-order valence-electron chi connectivity index (χ2n) is 3.36. The molecule has 13 heavy (non-hydrogen) atoms. The van der Waals surface area contributed by atoms with Gasteiger partial charge in [0.05, 0.1) is 12.7 Å². The van der Waals surface area contributed by atoms with Gasteiger partial charge in [0.2, 0.25) is 0 Å². The van der Waals surface area contributed by atoms with Crippen LogP contribution in [0.3, 0.4) is 0 Å². The minimum atomic E-state index is -0.730. The van der Waals surface area contributed by atoms with Gasteiger partial charge in [-0.3, -0.25) is 0 Å². The van der Waals surface area contributed by atoms with Crippen LogP contribution in [0.15, 0.2) is 24.3 Å². The van der Waals surface area contributed by atoms with E-state index in [4.69, 9.17) is 4.74 Å². The normalized spacial score (nSPS) is 15.1. The molecule has 0 bridgehead atoms. The summed E-state index contributed by atoms with van der Waals surface area (Å²) in [5.41, 5.74) is 0.197. The molecule has 0 amide bonds. The maximum Gasteiger partial charge on any atom is 0.118 e. The molecule has 1 N–H and O–H groups in total. The van der Waals surface area contributed by atoms with Crippen LogP contribution in [0.1, 0.15) is 25.8 Å². The molecular formula is C11H16O2. The largest absolute Gasteiger partial charge is 0.497 e. The van der Waals surface area contributed by atoms with Gasteiger partial charge in [-0.1, -0.05) is 19.1 Å². The molecule has 0 saturated carbocycles. The van der Waals surface area contributed by atoms with Gasteiger partial charge >= 0.3 is 0 Å². The molecular weight excluding hydrogens is 164 g/mol. The lowest BCUT2D eigenvalue weighted by atomic mass is 9.93. The Balaban J connectivity index is 2.92. The first-order valence-electron chi connectivity index (χ1n) is 4.47. The van der Waals surface area contributed by atoms with Crippen molar-refractivity contribution >= 4 is 0 Å². The van der Waals surface area contributed by atoms with Crippen molar-refractivity contribution in [2.45, 2.75) is 25.9 Å². The number of benzene rings is 1. The van der Waals surface area contributed by atoms with E-state index >= 15 is 0 Å². The first-order valence-corrected chi connectivity index (χ1v) is 4.47. The van der Waals surface area contributed by atoms with Crippen molar-refractivity contribution in [3.8, 4) is 5.75 Å². The Morgan fingerprint density at radius 2 is 1.85 bits per heavy atom. The monoisotopic (exact) mass is 180 g/mol. The van der Waals surface area contributed by atoms with Gasteiger partial charge in [-0.15, -0.1) is 0 Å². The fourth-order valence-corrected chi connectivity index (χ4v) is 1.15. The number of hydrogen-bond donors (Lipinski definition) is 1. The number of hydrogen-bond acceptors (Lipinski definition) is 2.